The standard InChI is InChI=1S/C9H14O6/c1-6(10)14-5-8(15-7(2)11)3-4-9(12)13/h8H,3-5H2,1-2H3,(H,12,13)/t8-/m1/s1. The molecule has 0 rings (SSSR count). The number of aliphatic carboxylic acids is 1. The van der Waals surface area contributed by atoms with E-state index in [-0.39, 0.29) is 19.4 Å². The summed E-state index contributed by atoms with van der Waals surface area (Å²) < 4.78 is 9.40. The van der Waals surface area contributed by atoms with Gasteiger partial charge in [-0.1, -0.05) is 0 Å². The number of esters is 2. The lowest BCUT2D eigenvalue weighted by Gasteiger charge is -2.15. The first-order valence-corrected chi connectivity index (χ1v) is 4.44. The van der Waals surface area contributed by atoms with Gasteiger partial charge < -0.3 is 14.6 Å². The van der Waals surface area contributed by atoms with E-state index in [1.807, 2.05) is 0 Å². The summed E-state index contributed by atoms with van der Waals surface area (Å²) in [6.45, 7) is 2.33. The van der Waals surface area contributed by atoms with Crippen molar-refractivity contribution in [3.05, 3.63) is 0 Å². The highest BCUT2D eigenvalue weighted by molar-refractivity contribution is 5.68. The molecule has 0 fully saturated rings. The van der Waals surface area contributed by atoms with Crippen LogP contribution in [-0.4, -0.2) is 35.7 Å². The molecule has 15 heavy (non-hydrogen) atoms. The summed E-state index contributed by atoms with van der Waals surface area (Å²) in [6, 6.07) is 0. The molecule has 0 aliphatic carbocycles. The molecule has 0 amide bonds. The average molecular weight is 218 g/mol. The molecule has 0 aromatic heterocycles. The molecule has 0 unspecified atom stereocenters. The van der Waals surface area contributed by atoms with Crippen molar-refractivity contribution in [2.24, 2.45) is 0 Å². The van der Waals surface area contributed by atoms with Crippen LogP contribution < -0.4 is 0 Å². The largest absolute Gasteiger partial charge is 0.481 e. The van der Waals surface area contributed by atoms with Gasteiger partial charge in [0.2, 0.25) is 0 Å². The first-order chi connectivity index (χ1) is 6.91. The van der Waals surface area contributed by atoms with Crippen molar-refractivity contribution in [3.63, 3.8) is 0 Å². The van der Waals surface area contributed by atoms with Gasteiger partial charge in [-0.3, -0.25) is 14.4 Å². The molecule has 0 saturated heterocycles. The molecule has 0 aliphatic rings. The molecule has 0 radical (unpaired) electrons. The molecular weight excluding hydrogens is 204 g/mol. The Morgan fingerprint density at radius 1 is 1.20 bits per heavy atom. The van der Waals surface area contributed by atoms with E-state index in [2.05, 4.69) is 4.74 Å². The van der Waals surface area contributed by atoms with Crippen LogP contribution in [0.15, 0.2) is 0 Å². The zero-order valence-electron chi connectivity index (χ0n) is 8.69. The summed E-state index contributed by atoms with van der Waals surface area (Å²) in [5.74, 6) is -2.02. The maximum Gasteiger partial charge on any atom is 0.303 e. The molecule has 86 valence electrons. The van der Waals surface area contributed by atoms with Gasteiger partial charge in [0.1, 0.15) is 12.7 Å². The first-order valence-electron chi connectivity index (χ1n) is 4.44. The van der Waals surface area contributed by atoms with Crippen LogP contribution in [0.4, 0.5) is 0 Å². The summed E-state index contributed by atoms with van der Waals surface area (Å²) in [7, 11) is 0. The summed E-state index contributed by atoms with van der Waals surface area (Å²) in [6.07, 6.45) is -0.705. The van der Waals surface area contributed by atoms with E-state index in [0.717, 1.165) is 0 Å². The third kappa shape index (κ3) is 8.73. The number of rotatable bonds is 6. The van der Waals surface area contributed by atoms with E-state index in [1.165, 1.54) is 13.8 Å². The van der Waals surface area contributed by atoms with Crippen LogP contribution in [-0.2, 0) is 23.9 Å². The van der Waals surface area contributed by atoms with Crippen molar-refractivity contribution in [1.29, 1.82) is 0 Å². The van der Waals surface area contributed by atoms with Crippen LogP contribution >= 0.6 is 0 Å². The second-order valence-electron chi connectivity index (χ2n) is 2.97. The van der Waals surface area contributed by atoms with E-state index in [0.29, 0.717) is 0 Å². The molecule has 0 heterocycles. The molecule has 0 spiro atoms. The Morgan fingerprint density at radius 2 is 1.80 bits per heavy atom. The fourth-order valence-corrected chi connectivity index (χ4v) is 0.906. The van der Waals surface area contributed by atoms with Gasteiger partial charge in [-0.25, -0.2) is 0 Å². The Bertz CT molecular complexity index is 229. The Kier molecular flexibility index (Phi) is 6.08. The van der Waals surface area contributed by atoms with Gasteiger partial charge in [-0.15, -0.1) is 0 Å². The van der Waals surface area contributed by atoms with Crippen LogP contribution in [0, 0.1) is 0 Å². The SMILES string of the molecule is CC(=O)OC[C@@H](CCC(=O)O)OC(C)=O. The molecule has 0 aromatic carbocycles. The molecule has 0 bridgehead atoms. The van der Waals surface area contributed by atoms with Crippen molar-refractivity contribution >= 4 is 17.9 Å². The van der Waals surface area contributed by atoms with Crippen molar-refractivity contribution in [2.45, 2.75) is 32.8 Å². The van der Waals surface area contributed by atoms with E-state index < -0.39 is 24.0 Å². The molecule has 0 saturated carbocycles. The number of carbonyl (C=O) groups is 3. The number of carboxylic acids is 1. The lowest BCUT2D eigenvalue weighted by atomic mass is 10.2. The van der Waals surface area contributed by atoms with Crippen molar-refractivity contribution in [3.8, 4) is 0 Å². The Morgan fingerprint density at radius 3 is 2.20 bits per heavy atom. The Labute approximate surface area is 87.2 Å². The van der Waals surface area contributed by atoms with Gasteiger partial charge in [-0.2, -0.15) is 0 Å². The normalized spacial score (nSPS) is 11.6. The van der Waals surface area contributed by atoms with Crippen molar-refractivity contribution in [2.75, 3.05) is 6.61 Å². The lowest BCUT2D eigenvalue weighted by molar-refractivity contribution is -0.157. The Balaban J connectivity index is 3.99. The van der Waals surface area contributed by atoms with Crippen LogP contribution in [0.5, 0.6) is 0 Å². The average Bonchev–Trinajstić information content (AvgIpc) is 2.08. The summed E-state index contributed by atoms with van der Waals surface area (Å²) in [5, 5.41) is 8.43. The predicted octanol–water partition coefficient (Wildman–Crippen LogP) is 0.346. The van der Waals surface area contributed by atoms with E-state index >= 15 is 0 Å². The number of carbonyl (C=O) groups excluding carboxylic acids is 2. The fourth-order valence-electron chi connectivity index (χ4n) is 0.906. The quantitative estimate of drug-likeness (QED) is 0.647. The molecular formula is C9H14O6. The number of hydrogen-bond acceptors (Lipinski definition) is 5. The van der Waals surface area contributed by atoms with Gasteiger partial charge in [0.25, 0.3) is 0 Å². The summed E-state index contributed by atoms with van der Waals surface area (Å²) in [4.78, 5) is 31.4. The molecule has 0 aliphatic heterocycles. The third-order valence-corrected chi connectivity index (χ3v) is 1.49. The Hall–Kier alpha value is -1.59. The van der Waals surface area contributed by atoms with Crippen molar-refractivity contribution < 1.29 is 29.0 Å². The van der Waals surface area contributed by atoms with Gasteiger partial charge in [0.05, 0.1) is 0 Å². The minimum atomic E-state index is -0.991. The highest BCUT2D eigenvalue weighted by atomic mass is 16.6. The second-order valence-corrected chi connectivity index (χ2v) is 2.97. The van der Waals surface area contributed by atoms with Crippen molar-refractivity contribution in [1.82, 2.24) is 0 Å². The number of hydrogen-bond donors (Lipinski definition) is 1. The molecule has 0 aromatic rings. The van der Waals surface area contributed by atoms with Crippen LogP contribution in [0.3, 0.4) is 0 Å². The molecule has 1 atom stereocenters. The highest BCUT2D eigenvalue weighted by Crippen LogP contribution is 2.04. The number of carboxylic acid groups (broad SMARTS) is 1. The van der Waals surface area contributed by atoms with E-state index in [1.54, 1.807) is 0 Å². The van der Waals surface area contributed by atoms with Gasteiger partial charge >= 0.3 is 17.9 Å². The van der Waals surface area contributed by atoms with E-state index in [4.69, 9.17) is 9.84 Å². The topological polar surface area (TPSA) is 89.9 Å². The lowest BCUT2D eigenvalue weighted by Crippen LogP contribution is -2.24. The minimum Gasteiger partial charge on any atom is -0.481 e. The van der Waals surface area contributed by atoms with Crippen LogP contribution in [0.25, 0.3) is 0 Å². The van der Waals surface area contributed by atoms with Gasteiger partial charge in [0, 0.05) is 20.3 Å². The molecule has 6 heteroatoms. The van der Waals surface area contributed by atoms with E-state index in [9.17, 15) is 14.4 Å². The molecule has 6 nitrogen and oxygen atoms in total. The second kappa shape index (κ2) is 6.80. The minimum absolute atomic E-state index is 0.109. The zero-order valence-corrected chi connectivity index (χ0v) is 8.69. The van der Waals surface area contributed by atoms with Crippen LogP contribution in [0.1, 0.15) is 26.7 Å². The maximum atomic E-state index is 10.6. The van der Waals surface area contributed by atoms with Gasteiger partial charge in [-0.05, 0) is 6.42 Å². The monoisotopic (exact) mass is 218 g/mol. The molecule has 1 N–H and O–H groups in total. The van der Waals surface area contributed by atoms with Crippen LogP contribution in [0.2, 0.25) is 0 Å². The third-order valence-electron chi connectivity index (χ3n) is 1.49. The highest BCUT2D eigenvalue weighted by Gasteiger charge is 2.15. The smallest absolute Gasteiger partial charge is 0.303 e. The first kappa shape index (κ1) is 13.4. The number of ether oxygens (including phenoxy) is 2. The summed E-state index contributed by atoms with van der Waals surface area (Å²) >= 11 is 0. The predicted molar refractivity (Wildman–Crippen MR) is 49.1 cm³/mol. The fraction of sp³-hybridized carbons (Fsp3) is 0.667. The summed E-state index contributed by atoms with van der Waals surface area (Å²) in [5.41, 5.74) is 0. The van der Waals surface area contributed by atoms with Gasteiger partial charge in [0.15, 0.2) is 0 Å². The maximum absolute atomic E-state index is 10.6. The zero-order chi connectivity index (χ0) is 11.8.